The molecule has 0 bridgehead atoms. The van der Waals surface area contributed by atoms with Crippen LogP contribution >= 0.6 is 0 Å². The topological polar surface area (TPSA) is 84.7 Å². The molecule has 29 heavy (non-hydrogen) atoms. The summed E-state index contributed by atoms with van der Waals surface area (Å²) in [7, 11) is 0. The zero-order valence-corrected chi connectivity index (χ0v) is 16.3. The molecule has 150 valence electrons. The fourth-order valence-electron chi connectivity index (χ4n) is 3.64. The zero-order chi connectivity index (χ0) is 20.2. The van der Waals surface area contributed by atoms with Gasteiger partial charge in [-0.3, -0.25) is 9.59 Å². The molecular weight excluding hydrogens is 370 g/mol. The Labute approximate surface area is 168 Å². The number of benzene rings is 2. The number of amides is 1. The molecular formula is C22H23N3O4. The average Bonchev–Trinajstić information content (AvgIpc) is 3.37. The summed E-state index contributed by atoms with van der Waals surface area (Å²) in [5.41, 5.74) is 4.11. The molecule has 0 spiro atoms. The van der Waals surface area contributed by atoms with Crippen LogP contribution in [0.3, 0.4) is 0 Å². The lowest BCUT2D eigenvalue weighted by Gasteiger charge is -2.20. The van der Waals surface area contributed by atoms with Crippen LogP contribution in [0.15, 0.2) is 47.0 Å². The van der Waals surface area contributed by atoms with E-state index in [1.807, 2.05) is 43.3 Å². The summed E-state index contributed by atoms with van der Waals surface area (Å²) in [6.45, 7) is 3.83. The maximum atomic E-state index is 12.2. The van der Waals surface area contributed by atoms with Gasteiger partial charge in [-0.05, 0) is 55.7 Å². The average molecular weight is 393 g/mol. The maximum Gasteiger partial charge on any atom is 0.312 e. The van der Waals surface area contributed by atoms with Crippen molar-refractivity contribution in [2.75, 3.05) is 29.9 Å². The van der Waals surface area contributed by atoms with Gasteiger partial charge in [0.05, 0.1) is 6.42 Å². The maximum absolute atomic E-state index is 12.2. The highest BCUT2D eigenvalue weighted by atomic mass is 16.5. The van der Waals surface area contributed by atoms with Gasteiger partial charge in [-0.15, -0.1) is 0 Å². The van der Waals surface area contributed by atoms with E-state index in [4.69, 9.17) is 9.26 Å². The molecule has 1 N–H and O–H groups in total. The summed E-state index contributed by atoms with van der Waals surface area (Å²) in [5.74, 6) is -0.906. The van der Waals surface area contributed by atoms with Crippen LogP contribution in [0.1, 0.15) is 24.1 Å². The first-order chi connectivity index (χ1) is 14.1. The van der Waals surface area contributed by atoms with E-state index in [9.17, 15) is 9.59 Å². The predicted octanol–water partition coefficient (Wildman–Crippen LogP) is 3.46. The molecule has 3 aromatic rings. The van der Waals surface area contributed by atoms with Crippen molar-refractivity contribution in [2.45, 2.75) is 26.2 Å². The normalized spacial score (nSPS) is 13.6. The van der Waals surface area contributed by atoms with Crippen molar-refractivity contribution in [3.63, 3.8) is 0 Å². The predicted molar refractivity (Wildman–Crippen MR) is 110 cm³/mol. The van der Waals surface area contributed by atoms with Gasteiger partial charge in [-0.2, -0.15) is 0 Å². The number of ether oxygens (including phenoxy) is 1. The molecule has 1 amide bonds. The first-order valence-corrected chi connectivity index (χ1v) is 9.74. The van der Waals surface area contributed by atoms with Crippen molar-refractivity contribution < 1.29 is 18.8 Å². The third kappa shape index (κ3) is 4.39. The quantitative estimate of drug-likeness (QED) is 0.646. The highest BCUT2D eigenvalue weighted by Crippen LogP contribution is 2.26. The van der Waals surface area contributed by atoms with Gasteiger partial charge in [0.25, 0.3) is 5.91 Å². The molecule has 2 aromatic carbocycles. The van der Waals surface area contributed by atoms with Crippen molar-refractivity contribution >= 4 is 34.2 Å². The number of nitrogens with zero attached hydrogens (tertiary/aromatic N) is 2. The molecule has 0 unspecified atom stereocenters. The van der Waals surface area contributed by atoms with Crippen molar-refractivity contribution in [1.82, 2.24) is 5.16 Å². The summed E-state index contributed by atoms with van der Waals surface area (Å²) in [6, 6.07) is 13.1. The number of fused-ring (bicyclic) bond motifs is 1. The molecule has 2 heterocycles. The Morgan fingerprint density at radius 1 is 1.17 bits per heavy atom. The molecule has 1 aliphatic heterocycles. The molecule has 1 fully saturated rings. The van der Waals surface area contributed by atoms with Gasteiger partial charge in [0.15, 0.2) is 12.2 Å². The Morgan fingerprint density at radius 2 is 1.97 bits per heavy atom. The van der Waals surface area contributed by atoms with Gasteiger partial charge < -0.3 is 19.5 Å². The zero-order valence-electron chi connectivity index (χ0n) is 16.3. The van der Waals surface area contributed by atoms with E-state index in [1.165, 1.54) is 18.5 Å². The lowest BCUT2D eigenvalue weighted by Crippen LogP contribution is -2.22. The van der Waals surface area contributed by atoms with E-state index in [-0.39, 0.29) is 18.9 Å². The van der Waals surface area contributed by atoms with Crippen LogP contribution in [-0.4, -0.2) is 36.7 Å². The van der Waals surface area contributed by atoms with Crippen LogP contribution in [-0.2, 0) is 20.7 Å². The smallest absolute Gasteiger partial charge is 0.312 e. The Balaban J connectivity index is 1.29. The number of aromatic nitrogens is 1. The van der Waals surface area contributed by atoms with Gasteiger partial charge in [-0.25, -0.2) is 0 Å². The number of anilines is 2. The molecule has 1 saturated heterocycles. The number of rotatable bonds is 6. The Kier molecular flexibility index (Phi) is 5.46. The van der Waals surface area contributed by atoms with E-state index in [2.05, 4.69) is 15.4 Å². The van der Waals surface area contributed by atoms with Gasteiger partial charge in [0.2, 0.25) is 0 Å². The van der Waals surface area contributed by atoms with Crippen molar-refractivity contribution in [2.24, 2.45) is 0 Å². The minimum atomic E-state index is -0.528. The molecule has 0 aliphatic carbocycles. The van der Waals surface area contributed by atoms with Crippen LogP contribution in [0.4, 0.5) is 11.4 Å². The summed E-state index contributed by atoms with van der Waals surface area (Å²) in [5, 5.41) is 7.44. The second-order valence-corrected chi connectivity index (χ2v) is 7.21. The van der Waals surface area contributed by atoms with E-state index < -0.39 is 5.97 Å². The number of carbonyl (C=O) groups excluding carboxylic acids is 2. The van der Waals surface area contributed by atoms with E-state index in [1.54, 1.807) is 6.07 Å². The van der Waals surface area contributed by atoms with Crippen molar-refractivity contribution in [3.05, 3.63) is 53.7 Å². The molecule has 1 aliphatic rings. The SMILES string of the molecule is Cc1cc(NC(=O)COC(=O)Cc2noc3ccccc23)ccc1N1CCCC1. The lowest BCUT2D eigenvalue weighted by atomic mass is 10.1. The molecule has 0 saturated carbocycles. The summed E-state index contributed by atoms with van der Waals surface area (Å²) in [4.78, 5) is 26.6. The van der Waals surface area contributed by atoms with Crippen molar-refractivity contribution in [1.29, 1.82) is 0 Å². The van der Waals surface area contributed by atoms with Gasteiger partial charge in [-0.1, -0.05) is 17.3 Å². The molecule has 7 heteroatoms. The Bertz CT molecular complexity index is 1040. The Morgan fingerprint density at radius 3 is 2.76 bits per heavy atom. The fraction of sp³-hybridized carbons (Fsp3) is 0.318. The first kappa shape index (κ1) is 19.0. The molecule has 7 nitrogen and oxygen atoms in total. The largest absolute Gasteiger partial charge is 0.455 e. The fourth-order valence-corrected chi connectivity index (χ4v) is 3.64. The monoisotopic (exact) mass is 393 g/mol. The number of aryl methyl sites for hydroxylation is 1. The minimum absolute atomic E-state index is 0.0477. The van der Waals surface area contributed by atoms with Crippen molar-refractivity contribution in [3.8, 4) is 0 Å². The highest BCUT2D eigenvalue weighted by Gasteiger charge is 2.16. The number of esters is 1. The second kappa shape index (κ2) is 8.34. The van der Waals surface area contributed by atoms with E-state index in [0.29, 0.717) is 17.0 Å². The lowest BCUT2D eigenvalue weighted by molar-refractivity contribution is -0.146. The molecule has 0 atom stereocenters. The molecule has 4 rings (SSSR count). The third-order valence-electron chi connectivity index (χ3n) is 5.06. The number of hydrogen-bond acceptors (Lipinski definition) is 6. The van der Waals surface area contributed by atoms with Crippen LogP contribution in [0.2, 0.25) is 0 Å². The van der Waals surface area contributed by atoms with Crippen LogP contribution in [0, 0.1) is 6.92 Å². The minimum Gasteiger partial charge on any atom is -0.455 e. The number of hydrogen-bond donors (Lipinski definition) is 1. The van der Waals surface area contributed by atoms with Gasteiger partial charge >= 0.3 is 5.97 Å². The molecule has 1 aromatic heterocycles. The van der Waals surface area contributed by atoms with Crippen LogP contribution in [0.5, 0.6) is 0 Å². The Hall–Kier alpha value is -3.35. The standard InChI is InChI=1S/C22H23N3O4/c1-15-12-16(8-9-19(15)25-10-4-5-11-25)23-21(26)14-28-22(27)13-18-17-6-2-3-7-20(17)29-24-18/h2-3,6-9,12H,4-5,10-11,13-14H2,1H3,(H,23,26). The summed E-state index contributed by atoms with van der Waals surface area (Å²) in [6.07, 6.45) is 2.38. The van der Waals surface area contributed by atoms with E-state index in [0.717, 1.165) is 24.0 Å². The van der Waals surface area contributed by atoms with Gasteiger partial charge in [0, 0.05) is 29.9 Å². The number of para-hydroxylation sites is 1. The second-order valence-electron chi connectivity index (χ2n) is 7.21. The third-order valence-corrected chi connectivity index (χ3v) is 5.06. The summed E-state index contributed by atoms with van der Waals surface area (Å²) < 4.78 is 10.3. The number of nitrogens with one attached hydrogen (secondary N) is 1. The van der Waals surface area contributed by atoms with Gasteiger partial charge in [0.1, 0.15) is 5.69 Å². The van der Waals surface area contributed by atoms with E-state index >= 15 is 0 Å². The highest BCUT2D eigenvalue weighted by molar-refractivity contribution is 5.93. The van der Waals surface area contributed by atoms with Crippen LogP contribution < -0.4 is 10.2 Å². The molecule has 0 radical (unpaired) electrons. The van der Waals surface area contributed by atoms with Crippen LogP contribution in [0.25, 0.3) is 11.0 Å². The first-order valence-electron chi connectivity index (χ1n) is 9.74. The summed E-state index contributed by atoms with van der Waals surface area (Å²) >= 11 is 0. The number of carbonyl (C=O) groups is 2.